The molecule has 160 valence electrons. The normalized spacial score (nSPS) is 26.1. The summed E-state index contributed by atoms with van der Waals surface area (Å²) in [5.74, 6) is 0.900. The molecule has 1 saturated carbocycles. The number of nitrogen functional groups attached to an aromatic ring is 2. The van der Waals surface area contributed by atoms with Gasteiger partial charge in [-0.1, -0.05) is 19.1 Å². The molecule has 3 aromatic heterocycles. The van der Waals surface area contributed by atoms with Gasteiger partial charge in [0, 0.05) is 11.6 Å². The summed E-state index contributed by atoms with van der Waals surface area (Å²) in [6.07, 6.45) is 3.12. The van der Waals surface area contributed by atoms with Crippen LogP contribution in [0.25, 0.3) is 21.9 Å². The van der Waals surface area contributed by atoms with Crippen molar-refractivity contribution < 1.29 is 10.2 Å². The Hall–Kier alpha value is -3.23. The van der Waals surface area contributed by atoms with Gasteiger partial charge in [-0.25, -0.2) is 15.0 Å². The number of pyridine rings is 1. The van der Waals surface area contributed by atoms with Gasteiger partial charge in [0.2, 0.25) is 0 Å². The van der Waals surface area contributed by atoms with Gasteiger partial charge in [0.05, 0.1) is 23.0 Å². The molecule has 1 aromatic carbocycles. The zero-order valence-electron chi connectivity index (χ0n) is 17.3. The van der Waals surface area contributed by atoms with Crippen molar-refractivity contribution in [3.05, 3.63) is 54.5 Å². The number of benzene rings is 1. The van der Waals surface area contributed by atoms with Crippen LogP contribution in [0.2, 0.25) is 0 Å². The Labute approximate surface area is 179 Å². The summed E-state index contributed by atoms with van der Waals surface area (Å²) in [6.45, 7) is 2.08. The Kier molecular flexibility index (Phi) is 4.75. The van der Waals surface area contributed by atoms with E-state index in [2.05, 4.69) is 27.9 Å². The molecule has 0 saturated heterocycles. The minimum Gasteiger partial charge on any atom is -0.390 e. The number of nitrogens with two attached hydrogens (primary N) is 2. The lowest BCUT2D eigenvalue weighted by molar-refractivity contribution is 0.00538. The molecular weight excluding hydrogens is 392 g/mol. The second-order valence-corrected chi connectivity index (χ2v) is 8.52. The van der Waals surface area contributed by atoms with Gasteiger partial charge in [0.25, 0.3) is 0 Å². The third-order valence-electron chi connectivity index (χ3n) is 6.76. The first-order valence-electron chi connectivity index (χ1n) is 10.5. The van der Waals surface area contributed by atoms with Gasteiger partial charge in [0.15, 0.2) is 0 Å². The average Bonchev–Trinajstić information content (AvgIpc) is 3.26. The third kappa shape index (κ3) is 3.28. The number of fused-ring (bicyclic) bond motifs is 2. The number of hydrogen-bond acceptors (Lipinski definition) is 7. The Morgan fingerprint density at radius 2 is 1.84 bits per heavy atom. The van der Waals surface area contributed by atoms with Gasteiger partial charge in [-0.2, -0.15) is 0 Å². The standard InChI is InChI=1S/C23H26N6O2/c1-12-15(6-3-13-2-4-14-5-7-18(24)28-17(14)10-13)20(30)21(31)19(12)29-9-8-16-22(25)26-11-27-23(16)29/h2,4-5,7-12,15,19-21,30-31H,3,6H2,1H3,(H2,24,28)(H2,25,26,27)/t12-,15-,19+,20+,21-/m0/s1. The predicted molar refractivity (Wildman–Crippen MR) is 120 cm³/mol. The Morgan fingerprint density at radius 3 is 2.68 bits per heavy atom. The SMILES string of the molecule is C[C@H]1[C@H](CCc2ccc3ccc(N)nc3c2)[C@@H](O)[C@@H](O)[C@@H]1n1ccc2c(N)ncnc21. The van der Waals surface area contributed by atoms with Crippen LogP contribution in [0.1, 0.15) is 24.9 Å². The topological polar surface area (TPSA) is 136 Å². The van der Waals surface area contributed by atoms with Crippen LogP contribution in [-0.2, 0) is 6.42 Å². The van der Waals surface area contributed by atoms with Crippen LogP contribution >= 0.6 is 0 Å². The molecule has 5 atom stereocenters. The van der Waals surface area contributed by atoms with Crippen molar-refractivity contribution in [1.29, 1.82) is 0 Å². The minimum absolute atomic E-state index is 0.0472. The Bertz CT molecular complexity index is 1260. The lowest BCUT2D eigenvalue weighted by atomic mass is 9.88. The van der Waals surface area contributed by atoms with E-state index in [1.807, 2.05) is 35.0 Å². The first-order valence-corrected chi connectivity index (χ1v) is 10.5. The number of anilines is 2. The van der Waals surface area contributed by atoms with Gasteiger partial charge in [-0.3, -0.25) is 0 Å². The van der Waals surface area contributed by atoms with Crippen molar-refractivity contribution in [2.45, 2.75) is 38.0 Å². The monoisotopic (exact) mass is 418 g/mol. The van der Waals surface area contributed by atoms with Crippen molar-refractivity contribution in [2.24, 2.45) is 11.8 Å². The van der Waals surface area contributed by atoms with E-state index >= 15 is 0 Å². The maximum atomic E-state index is 10.9. The molecule has 0 aliphatic heterocycles. The molecule has 3 heterocycles. The number of aliphatic hydroxyl groups is 2. The number of nitrogens with zero attached hydrogens (tertiary/aromatic N) is 4. The minimum atomic E-state index is -0.884. The summed E-state index contributed by atoms with van der Waals surface area (Å²) in [7, 11) is 0. The molecule has 4 aromatic rings. The van der Waals surface area contributed by atoms with Crippen molar-refractivity contribution in [1.82, 2.24) is 19.5 Å². The fourth-order valence-electron chi connectivity index (χ4n) is 5.08. The maximum absolute atomic E-state index is 10.9. The number of aliphatic hydroxyl groups excluding tert-OH is 2. The molecule has 8 heteroatoms. The highest BCUT2D eigenvalue weighted by Crippen LogP contribution is 2.44. The molecule has 0 unspecified atom stereocenters. The van der Waals surface area contributed by atoms with Crippen LogP contribution in [0.15, 0.2) is 48.9 Å². The summed E-state index contributed by atoms with van der Waals surface area (Å²) in [5.41, 5.74) is 14.5. The number of rotatable bonds is 4. The lowest BCUT2D eigenvalue weighted by Crippen LogP contribution is -2.29. The van der Waals surface area contributed by atoms with Gasteiger partial charge >= 0.3 is 0 Å². The summed E-state index contributed by atoms with van der Waals surface area (Å²) < 4.78 is 1.93. The first-order chi connectivity index (χ1) is 14.9. The van der Waals surface area contributed by atoms with Crippen LogP contribution in [-0.4, -0.2) is 41.9 Å². The molecule has 1 aliphatic rings. The van der Waals surface area contributed by atoms with Crippen molar-refractivity contribution in [3.63, 3.8) is 0 Å². The molecule has 31 heavy (non-hydrogen) atoms. The van der Waals surface area contributed by atoms with E-state index in [0.29, 0.717) is 17.3 Å². The van der Waals surface area contributed by atoms with Gasteiger partial charge in [0.1, 0.15) is 29.7 Å². The van der Waals surface area contributed by atoms with Crippen LogP contribution in [0, 0.1) is 11.8 Å². The van der Waals surface area contributed by atoms with E-state index in [9.17, 15) is 10.2 Å². The molecule has 1 aliphatic carbocycles. The van der Waals surface area contributed by atoms with E-state index in [1.54, 1.807) is 6.07 Å². The van der Waals surface area contributed by atoms with Crippen molar-refractivity contribution in [2.75, 3.05) is 11.5 Å². The molecule has 0 spiro atoms. The van der Waals surface area contributed by atoms with Crippen LogP contribution < -0.4 is 11.5 Å². The molecule has 1 fully saturated rings. The zero-order valence-corrected chi connectivity index (χ0v) is 17.3. The van der Waals surface area contributed by atoms with Gasteiger partial charge in [-0.15, -0.1) is 0 Å². The fraction of sp³-hybridized carbons (Fsp3) is 0.348. The molecular formula is C23H26N6O2. The van der Waals surface area contributed by atoms with Crippen LogP contribution in [0.3, 0.4) is 0 Å². The smallest absolute Gasteiger partial charge is 0.145 e. The molecule has 0 amide bonds. The van der Waals surface area contributed by atoms with Crippen LogP contribution in [0.4, 0.5) is 11.6 Å². The van der Waals surface area contributed by atoms with E-state index < -0.39 is 12.2 Å². The first kappa shape index (κ1) is 19.7. The van der Waals surface area contributed by atoms with Gasteiger partial charge < -0.3 is 26.2 Å². The average molecular weight is 419 g/mol. The number of aromatic nitrogens is 4. The quantitative estimate of drug-likeness (QED) is 0.399. The highest BCUT2D eigenvalue weighted by molar-refractivity contribution is 5.86. The highest BCUT2D eigenvalue weighted by atomic mass is 16.3. The largest absolute Gasteiger partial charge is 0.390 e. The summed E-state index contributed by atoms with van der Waals surface area (Å²) >= 11 is 0. The molecule has 5 rings (SSSR count). The van der Waals surface area contributed by atoms with Crippen LogP contribution in [0.5, 0.6) is 0 Å². The molecule has 0 bridgehead atoms. The fourth-order valence-corrected chi connectivity index (χ4v) is 5.08. The second-order valence-electron chi connectivity index (χ2n) is 8.52. The van der Waals surface area contributed by atoms with E-state index in [0.717, 1.165) is 34.7 Å². The van der Waals surface area contributed by atoms with E-state index in [-0.39, 0.29) is 17.9 Å². The van der Waals surface area contributed by atoms with Crippen molar-refractivity contribution in [3.8, 4) is 0 Å². The molecule has 0 radical (unpaired) electrons. The molecule has 8 nitrogen and oxygen atoms in total. The summed E-state index contributed by atoms with van der Waals surface area (Å²) in [6, 6.07) is 11.5. The Morgan fingerprint density at radius 1 is 1.03 bits per heavy atom. The molecule has 6 N–H and O–H groups in total. The number of hydrogen-bond donors (Lipinski definition) is 4. The zero-order chi connectivity index (χ0) is 21.7. The highest BCUT2D eigenvalue weighted by Gasteiger charge is 2.47. The lowest BCUT2D eigenvalue weighted by Gasteiger charge is -2.23. The Balaban J connectivity index is 1.38. The summed E-state index contributed by atoms with van der Waals surface area (Å²) in [4.78, 5) is 12.8. The predicted octanol–water partition coefficient (Wildman–Crippen LogP) is 2.31. The summed E-state index contributed by atoms with van der Waals surface area (Å²) in [5, 5.41) is 23.6. The van der Waals surface area contributed by atoms with E-state index in [4.69, 9.17) is 11.5 Å². The van der Waals surface area contributed by atoms with Gasteiger partial charge in [-0.05, 0) is 54.5 Å². The number of aryl methyl sites for hydroxylation is 1. The maximum Gasteiger partial charge on any atom is 0.145 e. The second kappa shape index (κ2) is 7.47. The van der Waals surface area contributed by atoms with E-state index in [1.165, 1.54) is 6.33 Å². The third-order valence-corrected chi connectivity index (χ3v) is 6.76. The van der Waals surface area contributed by atoms with Crippen molar-refractivity contribution >= 4 is 33.6 Å².